The Hall–Kier alpha value is -1.06. The summed E-state index contributed by atoms with van der Waals surface area (Å²) in [6.45, 7) is 4.98. The first-order valence-corrected chi connectivity index (χ1v) is 5.54. The number of nitrogens with two attached hydrogens (primary N) is 1. The van der Waals surface area contributed by atoms with E-state index >= 15 is 0 Å². The maximum Gasteiger partial charge on any atom is 0.233 e. The summed E-state index contributed by atoms with van der Waals surface area (Å²) in [4.78, 5) is 11.1. The Morgan fingerprint density at radius 1 is 1.29 bits per heavy atom. The normalized spacial score (nSPS) is 10.5. The first kappa shape index (κ1) is 15.9. The van der Waals surface area contributed by atoms with Crippen LogP contribution in [0.2, 0.25) is 0 Å². The molecule has 0 fully saturated rings. The van der Waals surface area contributed by atoms with E-state index in [0.717, 1.165) is 6.42 Å². The highest BCUT2D eigenvalue weighted by molar-refractivity contribution is 5.85. The van der Waals surface area contributed by atoms with Gasteiger partial charge in [-0.3, -0.25) is 4.79 Å². The highest BCUT2D eigenvalue weighted by Crippen LogP contribution is 2.20. The fraction of sp³-hybridized carbons (Fsp3) is 0.462. The van der Waals surface area contributed by atoms with Crippen LogP contribution < -0.4 is 11.1 Å². The van der Waals surface area contributed by atoms with E-state index in [2.05, 4.69) is 31.3 Å². The minimum Gasteiger partial charge on any atom is -0.354 e. The van der Waals surface area contributed by atoms with Gasteiger partial charge in [-0.25, -0.2) is 0 Å². The number of rotatable bonds is 5. The van der Waals surface area contributed by atoms with Crippen LogP contribution in [0.3, 0.4) is 0 Å². The number of benzene rings is 1. The van der Waals surface area contributed by atoms with Gasteiger partial charge in [0, 0.05) is 6.54 Å². The van der Waals surface area contributed by atoms with Crippen LogP contribution in [-0.4, -0.2) is 19.0 Å². The minimum atomic E-state index is -0.0962. The van der Waals surface area contributed by atoms with Crippen molar-refractivity contribution in [2.75, 3.05) is 13.1 Å². The molecule has 1 aromatic carbocycles. The number of carbonyl (C=O) groups excluding carboxylic acids is 1. The molecule has 0 aliphatic carbocycles. The summed E-state index contributed by atoms with van der Waals surface area (Å²) in [7, 11) is 0. The van der Waals surface area contributed by atoms with Crippen LogP contribution in [-0.2, 0) is 11.2 Å². The van der Waals surface area contributed by atoms with Crippen LogP contribution in [0.25, 0.3) is 0 Å². The fourth-order valence-electron chi connectivity index (χ4n) is 1.62. The van der Waals surface area contributed by atoms with Crippen molar-refractivity contribution in [1.29, 1.82) is 0 Å². The van der Waals surface area contributed by atoms with Crippen LogP contribution in [0.1, 0.15) is 19.4 Å². The maximum atomic E-state index is 11.1. The van der Waals surface area contributed by atoms with E-state index in [1.807, 2.05) is 18.2 Å². The van der Waals surface area contributed by atoms with Gasteiger partial charge in [-0.05, 0) is 17.4 Å². The van der Waals surface area contributed by atoms with Crippen molar-refractivity contribution in [1.82, 2.24) is 5.32 Å². The lowest BCUT2D eigenvalue weighted by Crippen LogP contribution is -2.38. The molecule has 0 bridgehead atoms. The van der Waals surface area contributed by atoms with E-state index in [9.17, 15) is 4.79 Å². The second-order valence-electron chi connectivity index (χ2n) is 4.81. The number of carbonyl (C=O) groups is 1. The standard InChI is InChI=1S/C13H20N2O.ClH/c1-13(2,10-15-12(16)9-14)8-11-6-4-3-5-7-11;/h3-7H,8-10,14H2,1-2H3,(H,15,16);1H. The number of amides is 1. The molecule has 0 saturated carbocycles. The summed E-state index contributed by atoms with van der Waals surface area (Å²) >= 11 is 0. The van der Waals surface area contributed by atoms with E-state index in [4.69, 9.17) is 5.73 Å². The third-order valence-corrected chi connectivity index (χ3v) is 2.48. The average Bonchev–Trinajstić information content (AvgIpc) is 2.27. The quantitative estimate of drug-likeness (QED) is 0.843. The molecule has 0 aliphatic heterocycles. The Morgan fingerprint density at radius 3 is 2.41 bits per heavy atom. The van der Waals surface area contributed by atoms with E-state index in [0.29, 0.717) is 6.54 Å². The van der Waals surface area contributed by atoms with Gasteiger partial charge in [0.25, 0.3) is 0 Å². The van der Waals surface area contributed by atoms with Gasteiger partial charge in [0.2, 0.25) is 5.91 Å². The number of halogens is 1. The van der Waals surface area contributed by atoms with Crippen molar-refractivity contribution in [3.05, 3.63) is 35.9 Å². The molecule has 0 spiro atoms. The molecule has 0 heterocycles. The van der Waals surface area contributed by atoms with Gasteiger partial charge in [-0.1, -0.05) is 44.2 Å². The lowest BCUT2D eigenvalue weighted by atomic mass is 9.85. The lowest BCUT2D eigenvalue weighted by Gasteiger charge is -2.25. The summed E-state index contributed by atoms with van der Waals surface area (Å²) in [6.07, 6.45) is 0.943. The zero-order chi connectivity index (χ0) is 12.0. The molecular formula is C13H21ClN2O. The van der Waals surface area contributed by atoms with Crippen LogP contribution in [0, 0.1) is 5.41 Å². The van der Waals surface area contributed by atoms with Crippen LogP contribution in [0.4, 0.5) is 0 Å². The molecule has 0 aromatic heterocycles. The van der Waals surface area contributed by atoms with Crippen LogP contribution >= 0.6 is 12.4 Å². The van der Waals surface area contributed by atoms with Crippen molar-refractivity contribution in [3.8, 4) is 0 Å². The summed E-state index contributed by atoms with van der Waals surface area (Å²) in [5.41, 5.74) is 6.58. The highest BCUT2D eigenvalue weighted by atomic mass is 35.5. The van der Waals surface area contributed by atoms with Crippen LogP contribution in [0.15, 0.2) is 30.3 Å². The molecular weight excluding hydrogens is 236 g/mol. The van der Waals surface area contributed by atoms with Crippen molar-refractivity contribution in [2.24, 2.45) is 11.1 Å². The molecule has 3 nitrogen and oxygen atoms in total. The minimum absolute atomic E-state index is 0. The van der Waals surface area contributed by atoms with E-state index < -0.39 is 0 Å². The molecule has 1 aromatic rings. The second-order valence-corrected chi connectivity index (χ2v) is 4.81. The van der Waals surface area contributed by atoms with Gasteiger partial charge in [0.15, 0.2) is 0 Å². The molecule has 0 saturated heterocycles. The third kappa shape index (κ3) is 6.29. The summed E-state index contributed by atoms with van der Waals surface area (Å²) < 4.78 is 0. The second kappa shape index (κ2) is 7.30. The fourth-order valence-corrected chi connectivity index (χ4v) is 1.62. The van der Waals surface area contributed by atoms with Crippen molar-refractivity contribution < 1.29 is 4.79 Å². The van der Waals surface area contributed by atoms with Crippen LogP contribution in [0.5, 0.6) is 0 Å². The number of nitrogens with one attached hydrogen (secondary N) is 1. The molecule has 4 heteroatoms. The smallest absolute Gasteiger partial charge is 0.233 e. The highest BCUT2D eigenvalue weighted by Gasteiger charge is 2.18. The number of hydrogen-bond acceptors (Lipinski definition) is 2. The predicted molar refractivity (Wildman–Crippen MR) is 73.2 cm³/mol. The summed E-state index contributed by atoms with van der Waals surface area (Å²) in [6, 6.07) is 10.3. The maximum absolute atomic E-state index is 11.1. The predicted octanol–water partition coefficient (Wildman–Crippen LogP) is 1.75. The van der Waals surface area contributed by atoms with E-state index in [1.54, 1.807) is 0 Å². The Labute approximate surface area is 109 Å². The summed E-state index contributed by atoms with van der Waals surface area (Å²) in [5.74, 6) is -0.0962. The Morgan fingerprint density at radius 2 is 1.88 bits per heavy atom. The Bertz CT molecular complexity index is 339. The zero-order valence-corrected chi connectivity index (χ0v) is 11.2. The molecule has 1 amide bonds. The van der Waals surface area contributed by atoms with Gasteiger partial charge in [-0.15, -0.1) is 12.4 Å². The molecule has 0 radical (unpaired) electrons. The topological polar surface area (TPSA) is 55.1 Å². The van der Waals surface area contributed by atoms with Gasteiger partial charge in [0.05, 0.1) is 6.54 Å². The monoisotopic (exact) mass is 256 g/mol. The first-order valence-electron chi connectivity index (χ1n) is 5.54. The summed E-state index contributed by atoms with van der Waals surface area (Å²) in [5, 5.41) is 2.83. The first-order chi connectivity index (χ1) is 7.53. The van der Waals surface area contributed by atoms with Gasteiger partial charge >= 0.3 is 0 Å². The molecule has 0 atom stereocenters. The average molecular weight is 257 g/mol. The molecule has 3 N–H and O–H groups in total. The molecule has 17 heavy (non-hydrogen) atoms. The van der Waals surface area contributed by atoms with E-state index in [-0.39, 0.29) is 30.3 Å². The van der Waals surface area contributed by atoms with Gasteiger partial charge in [0.1, 0.15) is 0 Å². The van der Waals surface area contributed by atoms with Crippen molar-refractivity contribution in [3.63, 3.8) is 0 Å². The molecule has 1 rings (SSSR count). The van der Waals surface area contributed by atoms with Crippen molar-refractivity contribution >= 4 is 18.3 Å². The molecule has 0 unspecified atom stereocenters. The molecule has 96 valence electrons. The Kier molecular flexibility index (Phi) is 6.85. The van der Waals surface area contributed by atoms with Crippen molar-refractivity contribution in [2.45, 2.75) is 20.3 Å². The largest absolute Gasteiger partial charge is 0.354 e. The van der Waals surface area contributed by atoms with Gasteiger partial charge < -0.3 is 11.1 Å². The third-order valence-electron chi connectivity index (χ3n) is 2.48. The SMILES string of the molecule is CC(C)(CNC(=O)CN)Cc1ccccc1.Cl. The Balaban J connectivity index is 0.00000256. The molecule has 0 aliphatic rings. The number of hydrogen-bond donors (Lipinski definition) is 2. The van der Waals surface area contributed by atoms with Gasteiger partial charge in [-0.2, -0.15) is 0 Å². The van der Waals surface area contributed by atoms with E-state index in [1.165, 1.54) is 5.56 Å². The lowest BCUT2D eigenvalue weighted by molar-refractivity contribution is -0.120. The zero-order valence-electron chi connectivity index (χ0n) is 10.4.